The molecule has 0 aromatic heterocycles. The second-order valence-corrected chi connectivity index (χ2v) is 5.38. The fourth-order valence-corrected chi connectivity index (χ4v) is 3.22. The minimum absolute atomic E-state index is 0.00792. The molecule has 0 heterocycles. The molecule has 2 aliphatic rings. The first kappa shape index (κ1) is 8.52. The Morgan fingerprint density at radius 1 is 1.17 bits per heavy atom. The number of fused-ring (bicyclic) bond motifs is 2. The van der Waals surface area contributed by atoms with Crippen molar-refractivity contribution in [1.82, 2.24) is 0 Å². The van der Waals surface area contributed by atoms with Gasteiger partial charge in [0.25, 0.3) is 0 Å². The van der Waals surface area contributed by atoms with Gasteiger partial charge in [-0.05, 0) is 24.2 Å². The summed E-state index contributed by atoms with van der Waals surface area (Å²) < 4.78 is 0. The zero-order chi connectivity index (χ0) is 9.15. The van der Waals surface area contributed by atoms with Gasteiger partial charge >= 0.3 is 0 Å². The van der Waals surface area contributed by atoms with E-state index in [0.717, 1.165) is 12.8 Å². The van der Waals surface area contributed by atoms with Crippen LogP contribution in [0.2, 0.25) is 0 Å². The minimum Gasteiger partial charge on any atom is -0.392 e. The van der Waals surface area contributed by atoms with Gasteiger partial charge in [0.1, 0.15) is 0 Å². The second kappa shape index (κ2) is 2.05. The molecule has 0 aromatic carbocycles. The maximum absolute atomic E-state index is 10.0. The molecule has 2 N–H and O–H groups in total. The topological polar surface area (TPSA) is 40.5 Å². The molecule has 70 valence electrons. The Morgan fingerprint density at radius 2 is 1.75 bits per heavy atom. The summed E-state index contributed by atoms with van der Waals surface area (Å²) in [6.45, 7) is 6.23. The summed E-state index contributed by atoms with van der Waals surface area (Å²) in [5.74, 6) is 0.507. The van der Waals surface area contributed by atoms with Crippen molar-refractivity contribution in [2.24, 2.45) is 16.7 Å². The zero-order valence-electron chi connectivity index (χ0n) is 8.04. The standard InChI is InChI=1S/C10H18O2/c1-9(2)6-4-7(11)10(3,5-6)8(9)12/h6-8,11-12H,4-5H2,1-3H3. The molecule has 4 atom stereocenters. The highest BCUT2D eigenvalue weighted by Gasteiger charge is 2.63. The zero-order valence-corrected chi connectivity index (χ0v) is 8.04. The maximum Gasteiger partial charge on any atom is 0.0672 e. The molecule has 0 amide bonds. The van der Waals surface area contributed by atoms with Gasteiger partial charge in [-0.25, -0.2) is 0 Å². The average Bonchev–Trinajstić information content (AvgIpc) is 2.34. The lowest BCUT2D eigenvalue weighted by atomic mass is 9.69. The molecule has 0 radical (unpaired) electrons. The summed E-state index contributed by atoms with van der Waals surface area (Å²) in [5, 5.41) is 19.7. The third-order valence-corrected chi connectivity index (χ3v) is 4.34. The Hall–Kier alpha value is -0.0800. The lowest BCUT2D eigenvalue weighted by Crippen LogP contribution is -2.47. The molecule has 2 bridgehead atoms. The summed E-state index contributed by atoms with van der Waals surface area (Å²) in [7, 11) is 0. The first-order valence-corrected chi connectivity index (χ1v) is 4.75. The molecule has 2 rings (SSSR count). The molecule has 0 aromatic rings. The van der Waals surface area contributed by atoms with Crippen molar-refractivity contribution in [2.75, 3.05) is 0 Å². The predicted octanol–water partition coefficient (Wildman–Crippen LogP) is 1.16. The Labute approximate surface area is 73.6 Å². The van der Waals surface area contributed by atoms with E-state index in [1.54, 1.807) is 0 Å². The fraction of sp³-hybridized carbons (Fsp3) is 1.00. The van der Waals surface area contributed by atoms with Crippen LogP contribution in [0, 0.1) is 16.7 Å². The Morgan fingerprint density at radius 3 is 2.08 bits per heavy atom. The highest BCUT2D eigenvalue weighted by molar-refractivity contribution is 5.12. The van der Waals surface area contributed by atoms with Crippen molar-refractivity contribution in [3.8, 4) is 0 Å². The van der Waals surface area contributed by atoms with Gasteiger partial charge in [0.15, 0.2) is 0 Å². The molecular formula is C10H18O2. The van der Waals surface area contributed by atoms with Crippen LogP contribution in [0.1, 0.15) is 33.6 Å². The van der Waals surface area contributed by atoms with E-state index in [2.05, 4.69) is 13.8 Å². The van der Waals surface area contributed by atoms with E-state index < -0.39 is 0 Å². The monoisotopic (exact) mass is 170 g/mol. The molecule has 2 aliphatic carbocycles. The number of aliphatic hydroxyl groups excluding tert-OH is 2. The van der Waals surface area contributed by atoms with Crippen LogP contribution in [-0.4, -0.2) is 22.4 Å². The fourth-order valence-electron chi connectivity index (χ4n) is 3.22. The molecule has 4 unspecified atom stereocenters. The van der Waals surface area contributed by atoms with E-state index in [1.807, 2.05) is 6.92 Å². The predicted molar refractivity (Wildman–Crippen MR) is 46.6 cm³/mol. The largest absolute Gasteiger partial charge is 0.392 e. The minimum atomic E-state index is -0.334. The third kappa shape index (κ3) is 0.728. The van der Waals surface area contributed by atoms with Crippen LogP contribution in [0.4, 0.5) is 0 Å². The molecular weight excluding hydrogens is 152 g/mol. The smallest absolute Gasteiger partial charge is 0.0672 e. The third-order valence-electron chi connectivity index (χ3n) is 4.34. The van der Waals surface area contributed by atoms with Crippen LogP contribution >= 0.6 is 0 Å². The number of hydrogen-bond acceptors (Lipinski definition) is 2. The number of hydrogen-bond donors (Lipinski definition) is 2. The van der Waals surface area contributed by atoms with Gasteiger partial charge in [0.2, 0.25) is 0 Å². The molecule has 2 heteroatoms. The molecule has 0 saturated heterocycles. The Kier molecular flexibility index (Phi) is 1.45. The van der Waals surface area contributed by atoms with Gasteiger partial charge in [0.05, 0.1) is 12.2 Å². The van der Waals surface area contributed by atoms with E-state index in [0.29, 0.717) is 5.92 Å². The molecule has 0 aliphatic heterocycles. The van der Waals surface area contributed by atoms with E-state index in [1.165, 1.54) is 0 Å². The SMILES string of the molecule is CC1(C)C2CC(O)C(C)(C2)C1O. The molecule has 12 heavy (non-hydrogen) atoms. The molecule has 2 nitrogen and oxygen atoms in total. The van der Waals surface area contributed by atoms with Gasteiger partial charge in [-0.3, -0.25) is 0 Å². The van der Waals surface area contributed by atoms with Crippen LogP contribution in [0.25, 0.3) is 0 Å². The van der Waals surface area contributed by atoms with Crippen LogP contribution in [0.15, 0.2) is 0 Å². The first-order chi connectivity index (χ1) is 5.39. The lowest BCUT2D eigenvalue weighted by molar-refractivity contribution is -0.0970. The van der Waals surface area contributed by atoms with Crippen molar-refractivity contribution in [1.29, 1.82) is 0 Å². The molecule has 0 spiro atoms. The maximum atomic E-state index is 10.0. The van der Waals surface area contributed by atoms with Crippen molar-refractivity contribution in [3.05, 3.63) is 0 Å². The first-order valence-electron chi connectivity index (χ1n) is 4.75. The Balaban J connectivity index is 2.36. The summed E-state index contributed by atoms with van der Waals surface area (Å²) >= 11 is 0. The summed E-state index contributed by atoms with van der Waals surface area (Å²) in [4.78, 5) is 0. The lowest BCUT2D eigenvalue weighted by Gasteiger charge is -2.41. The summed E-state index contributed by atoms with van der Waals surface area (Å²) in [6.07, 6.45) is 1.24. The highest BCUT2D eigenvalue weighted by Crippen LogP contribution is 2.62. The van der Waals surface area contributed by atoms with E-state index in [4.69, 9.17) is 0 Å². The van der Waals surface area contributed by atoms with Crippen molar-refractivity contribution in [2.45, 2.75) is 45.8 Å². The highest BCUT2D eigenvalue weighted by atomic mass is 16.3. The quantitative estimate of drug-likeness (QED) is 0.573. The Bertz CT molecular complexity index is 212. The van der Waals surface area contributed by atoms with Crippen molar-refractivity contribution in [3.63, 3.8) is 0 Å². The molecule has 2 fully saturated rings. The van der Waals surface area contributed by atoms with E-state index in [9.17, 15) is 10.2 Å². The van der Waals surface area contributed by atoms with Gasteiger partial charge in [-0.15, -0.1) is 0 Å². The summed E-state index contributed by atoms with van der Waals surface area (Å²) in [5.41, 5.74) is -0.220. The molecule has 2 saturated carbocycles. The van der Waals surface area contributed by atoms with Gasteiger partial charge in [0, 0.05) is 5.41 Å². The van der Waals surface area contributed by atoms with Crippen molar-refractivity contribution < 1.29 is 10.2 Å². The van der Waals surface area contributed by atoms with Crippen LogP contribution in [0.3, 0.4) is 0 Å². The van der Waals surface area contributed by atoms with Crippen LogP contribution < -0.4 is 0 Å². The van der Waals surface area contributed by atoms with E-state index >= 15 is 0 Å². The number of aliphatic hydroxyl groups is 2. The average molecular weight is 170 g/mol. The van der Waals surface area contributed by atoms with Crippen LogP contribution in [0.5, 0.6) is 0 Å². The normalized spacial score (nSPS) is 56.2. The van der Waals surface area contributed by atoms with Gasteiger partial charge in [-0.1, -0.05) is 20.8 Å². The summed E-state index contributed by atoms with van der Waals surface area (Å²) in [6, 6.07) is 0. The second-order valence-electron chi connectivity index (χ2n) is 5.38. The van der Waals surface area contributed by atoms with E-state index in [-0.39, 0.29) is 23.0 Å². The van der Waals surface area contributed by atoms with Crippen LogP contribution in [-0.2, 0) is 0 Å². The van der Waals surface area contributed by atoms with Gasteiger partial charge in [-0.2, -0.15) is 0 Å². The van der Waals surface area contributed by atoms with Gasteiger partial charge < -0.3 is 10.2 Å². The van der Waals surface area contributed by atoms with Crippen molar-refractivity contribution >= 4 is 0 Å². The number of rotatable bonds is 0.